The van der Waals surface area contributed by atoms with Crippen molar-refractivity contribution in [1.29, 1.82) is 0 Å². The van der Waals surface area contributed by atoms with Crippen LogP contribution in [0.1, 0.15) is 23.1 Å². The van der Waals surface area contributed by atoms with Gasteiger partial charge in [0.2, 0.25) is 0 Å². The number of aryl methyl sites for hydroxylation is 3. The van der Waals surface area contributed by atoms with E-state index in [0.29, 0.717) is 18.8 Å². The molecule has 98 valence electrons. The van der Waals surface area contributed by atoms with Crippen molar-refractivity contribution in [2.24, 2.45) is 5.73 Å². The first-order chi connectivity index (χ1) is 8.47. The van der Waals surface area contributed by atoms with Crippen LogP contribution in [-0.4, -0.2) is 30.1 Å². The van der Waals surface area contributed by atoms with Crippen LogP contribution >= 0.6 is 0 Å². The van der Waals surface area contributed by atoms with E-state index >= 15 is 0 Å². The number of hydrogen-bond donors (Lipinski definition) is 1. The maximum Gasteiger partial charge on any atom is 0.415 e. The highest BCUT2D eigenvalue weighted by Gasteiger charge is 2.25. The molecule has 1 amide bonds. The van der Waals surface area contributed by atoms with Crippen molar-refractivity contribution in [3.63, 3.8) is 0 Å². The molecular weight excluding hydrogens is 228 g/mol. The van der Waals surface area contributed by atoms with E-state index < -0.39 is 0 Å². The molecule has 4 nitrogen and oxygen atoms in total. The average Bonchev–Trinajstić information content (AvgIpc) is 2.70. The van der Waals surface area contributed by atoms with Crippen molar-refractivity contribution >= 4 is 6.09 Å². The van der Waals surface area contributed by atoms with Gasteiger partial charge < -0.3 is 15.4 Å². The van der Waals surface area contributed by atoms with Gasteiger partial charge in [0.15, 0.2) is 0 Å². The Morgan fingerprint density at radius 1 is 1.33 bits per heavy atom. The molecule has 0 saturated carbocycles. The Morgan fingerprint density at radius 3 is 2.44 bits per heavy atom. The molecule has 4 heteroatoms. The number of ether oxygens (including phenoxy) is 1. The van der Waals surface area contributed by atoms with Gasteiger partial charge in [0.25, 0.3) is 0 Å². The minimum absolute atomic E-state index is 0.0813. The molecule has 0 radical (unpaired) electrons. The smallest absolute Gasteiger partial charge is 0.410 e. The zero-order valence-corrected chi connectivity index (χ0v) is 11.2. The molecule has 2 N–H and O–H groups in total. The molecule has 1 atom stereocenters. The first kappa shape index (κ1) is 12.9. The van der Waals surface area contributed by atoms with Crippen LogP contribution < -0.4 is 10.5 Å². The lowest BCUT2D eigenvalue weighted by Gasteiger charge is -2.18. The van der Waals surface area contributed by atoms with Crippen LogP contribution in [0.15, 0.2) is 12.1 Å². The molecule has 1 aromatic carbocycles. The zero-order chi connectivity index (χ0) is 13.3. The summed E-state index contributed by atoms with van der Waals surface area (Å²) in [5, 5.41) is 0. The number of rotatable bonds is 1. The van der Waals surface area contributed by atoms with Gasteiger partial charge in [-0.3, -0.25) is 0 Å². The fourth-order valence-corrected chi connectivity index (χ4v) is 2.43. The van der Waals surface area contributed by atoms with Crippen molar-refractivity contribution < 1.29 is 9.53 Å². The van der Waals surface area contributed by atoms with Gasteiger partial charge in [-0.2, -0.15) is 0 Å². The van der Waals surface area contributed by atoms with Gasteiger partial charge in [0.05, 0.1) is 0 Å². The molecule has 1 aliphatic heterocycles. The fourth-order valence-electron chi connectivity index (χ4n) is 2.43. The van der Waals surface area contributed by atoms with Gasteiger partial charge in [0, 0.05) is 19.1 Å². The molecule has 1 saturated heterocycles. The summed E-state index contributed by atoms with van der Waals surface area (Å²) in [5.41, 5.74) is 8.94. The summed E-state index contributed by atoms with van der Waals surface area (Å²) >= 11 is 0. The normalized spacial score (nSPS) is 19.1. The van der Waals surface area contributed by atoms with E-state index in [1.54, 1.807) is 4.90 Å². The van der Waals surface area contributed by atoms with Crippen LogP contribution in [0.4, 0.5) is 4.79 Å². The number of benzene rings is 1. The molecule has 1 aromatic rings. The minimum Gasteiger partial charge on any atom is -0.410 e. The van der Waals surface area contributed by atoms with Crippen LogP contribution in [0.25, 0.3) is 0 Å². The average molecular weight is 248 g/mol. The maximum atomic E-state index is 12.0. The van der Waals surface area contributed by atoms with Crippen LogP contribution in [0.5, 0.6) is 5.75 Å². The lowest BCUT2D eigenvalue weighted by molar-refractivity contribution is 0.161. The number of carbonyl (C=O) groups excluding carboxylic acids is 1. The predicted molar refractivity (Wildman–Crippen MR) is 70.8 cm³/mol. The molecule has 18 heavy (non-hydrogen) atoms. The van der Waals surface area contributed by atoms with E-state index in [4.69, 9.17) is 10.5 Å². The van der Waals surface area contributed by atoms with Gasteiger partial charge in [-0.25, -0.2) is 4.79 Å². The summed E-state index contributed by atoms with van der Waals surface area (Å²) in [6, 6.07) is 4.12. The second kappa shape index (κ2) is 4.98. The Bertz CT molecular complexity index is 448. The third kappa shape index (κ3) is 2.64. The minimum atomic E-state index is -0.294. The molecule has 0 spiro atoms. The Morgan fingerprint density at radius 2 is 1.94 bits per heavy atom. The van der Waals surface area contributed by atoms with Crippen LogP contribution in [0, 0.1) is 20.8 Å². The van der Waals surface area contributed by atoms with Crippen molar-refractivity contribution in [1.82, 2.24) is 4.90 Å². The van der Waals surface area contributed by atoms with E-state index in [2.05, 4.69) is 0 Å². The van der Waals surface area contributed by atoms with E-state index in [-0.39, 0.29) is 12.1 Å². The molecule has 1 heterocycles. The molecule has 0 bridgehead atoms. The molecule has 1 aliphatic rings. The molecule has 1 unspecified atom stereocenters. The highest BCUT2D eigenvalue weighted by atomic mass is 16.6. The van der Waals surface area contributed by atoms with E-state index in [1.165, 1.54) is 5.56 Å². The number of hydrogen-bond acceptors (Lipinski definition) is 3. The highest BCUT2D eigenvalue weighted by molar-refractivity contribution is 5.72. The number of amides is 1. The summed E-state index contributed by atoms with van der Waals surface area (Å²) < 4.78 is 5.49. The molecule has 0 aromatic heterocycles. The Kier molecular flexibility index (Phi) is 3.57. The second-order valence-electron chi connectivity index (χ2n) is 5.09. The van der Waals surface area contributed by atoms with Crippen molar-refractivity contribution in [3.05, 3.63) is 28.8 Å². The summed E-state index contributed by atoms with van der Waals surface area (Å²) in [5.74, 6) is 0.672. The first-order valence-electron chi connectivity index (χ1n) is 6.27. The predicted octanol–water partition coefficient (Wildman–Crippen LogP) is 2.14. The summed E-state index contributed by atoms with van der Waals surface area (Å²) in [4.78, 5) is 13.7. The zero-order valence-electron chi connectivity index (χ0n) is 11.2. The number of nitrogens with zero attached hydrogens (tertiary/aromatic N) is 1. The monoisotopic (exact) mass is 248 g/mol. The van der Waals surface area contributed by atoms with Gasteiger partial charge in [-0.05, 0) is 38.3 Å². The third-order valence-corrected chi connectivity index (χ3v) is 3.28. The van der Waals surface area contributed by atoms with Crippen molar-refractivity contribution in [3.8, 4) is 5.75 Å². The summed E-state index contributed by atoms with van der Waals surface area (Å²) in [7, 11) is 0. The second-order valence-corrected chi connectivity index (χ2v) is 5.09. The lowest BCUT2D eigenvalue weighted by Crippen LogP contribution is -2.34. The summed E-state index contributed by atoms with van der Waals surface area (Å²) in [6.07, 6.45) is 0.555. The number of carbonyl (C=O) groups is 1. The highest BCUT2D eigenvalue weighted by Crippen LogP contribution is 2.25. The van der Waals surface area contributed by atoms with Gasteiger partial charge in [0.1, 0.15) is 5.75 Å². The van der Waals surface area contributed by atoms with E-state index in [0.717, 1.165) is 17.5 Å². The topological polar surface area (TPSA) is 55.6 Å². The third-order valence-electron chi connectivity index (χ3n) is 3.28. The Balaban J connectivity index is 2.12. The molecule has 0 aliphatic carbocycles. The van der Waals surface area contributed by atoms with Gasteiger partial charge in [-0.15, -0.1) is 0 Å². The maximum absolute atomic E-state index is 12.0. The number of likely N-dealkylation sites (tertiary alicyclic amines) is 1. The van der Waals surface area contributed by atoms with E-state index in [1.807, 2.05) is 32.9 Å². The standard InChI is InChI=1S/C14H20N2O2/c1-9-6-10(2)13(11(3)7-9)18-14(17)16-5-4-12(15)8-16/h6-7,12H,4-5,8,15H2,1-3H3. The Hall–Kier alpha value is -1.55. The van der Waals surface area contributed by atoms with Crippen molar-refractivity contribution in [2.75, 3.05) is 13.1 Å². The van der Waals surface area contributed by atoms with Crippen LogP contribution in [-0.2, 0) is 0 Å². The first-order valence-corrected chi connectivity index (χ1v) is 6.27. The molecule has 1 fully saturated rings. The van der Waals surface area contributed by atoms with Crippen LogP contribution in [0.3, 0.4) is 0 Å². The molecule has 2 rings (SSSR count). The number of nitrogens with two attached hydrogens (primary N) is 1. The molecular formula is C14H20N2O2. The quantitative estimate of drug-likeness (QED) is 0.828. The Labute approximate surface area is 108 Å². The van der Waals surface area contributed by atoms with E-state index in [9.17, 15) is 4.79 Å². The lowest BCUT2D eigenvalue weighted by atomic mass is 10.1. The van der Waals surface area contributed by atoms with Gasteiger partial charge >= 0.3 is 6.09 Å². The largest absolute Gasteiger partial charge is 0.415 e. The van der Waals surface area contributed by atoms with Gasteiger partial charge in [-0.1, -0.05) is 17.7 Å². The van der Waals surface area contributed by atoms with Crippen molar-refractivity contribution in [2.45, 2.75) is 33.2 Å². The fraction of sp³-hybridized carbons (Fsp3) is 0.500. The summed E-state index contributed by atoms with van der Waals surface area (Å²) in [6.45, 7) is 7.22. The SMILES string of the molecule is Cc1cc(C)c(OC(=O)N2CCC(N)C2)c(C)c1. The van der Waals surface area contributed by atoms with Crippen LogP contribution in [0.2, 0.25) is 0 Å².